The van der Waals surface area contributed by atoms with E-state index in [-0.39, 0.29) is 5.41 Å². The molecule has 0 saturated heterocycles. The van der Waals surface area contributed by atoms with E-state index < -0.39 is 0 Å². The van der Waals surface area contributed by atoms with Crippen molar-refractivity contribution >= 4 is 63.8 Å². The van der Waals surface area contributed by atoms with E-state index in [0.717, 1.165) is 0 Å². The summed E-state index contributed by atoms with van der Waals surface area (Å²) in [6, 6.07) is 63.1. The molecule has 0 fully saturated rings. The van der Waals surface area contributed by atoms with Gasteiger partial charge in [0.2, 0.25) is 0 Å². The minimum Gasteiger partial charge on any atom is -0.135 e. The van der Waals surface area contributed by atoms with Gasteiger partial charge in [-0.3, -0.25) is 0 Å². The Morgan fingerprint density at radius 2 is 0.846 bits per heavy atom. The maximum absolute atomic E-state index is 2.46. The summed E-state index contributed by atoms with van der Waals surface area (Å²) in [6.07, 6.45) is 0. The fourth-order valence-corrected chi connectivity index (χ4v) is 10.8. The van der Waals surface area contributed by atoms with Crippen LogP contribution in [0.5, 0.6) is 0 Å². The van der Waals surface area contributed by atoms with Crippen molar-refractivity contribution in [3.05, 3.63) is 181 Å². The van der Waals surface area contributed by atoms with Crippen LogP contribution >= 0.6 is 11.3 Å². The fraction of sp³-hybridized carbons (Fsp3) is 0.0588. The lowest BCUT2D eigenvalue weighted by Crippen LogP contribution is -2.15. The van der Waals surface area contributed by atoms with Crippen LogP contribution in [0.25, 0.3) is 97.0 Å². The van der Waals surface area contributed by atoms with Crippen LogP contribution in [0.4, 0.5) is 0 Å². The second-order valence-corrected chi connectivity index (χ2v) is 15.8. The molecule has 0 saturated carbocycles. The van der Waals surface area contributed by atoms with Gasteiger partial charge >= 0.3 is 0 Å². The van der Waals surface area contributed by atoms with Gasteiger partial charge in [-0.15, -0.1) is 11.3 Å². The highest BCUT2D eigenvalue weighted by Crippen LogP contribution is 2.57. The van der Waals surface area contributed by atoms with Gasteiger partial charge in [0.05, 0.1) is 0 Å². The normalized spacial score (nSPS) is 13.3. The van der Waals surface area contributed by atoms with Crippen molar-refractivity contribution in [2.45, 2.75) is 19.3 Å². The van der Waals surface area contributed by atoms with E-state index >= 15 is 0 Å². The van der Waals surface area contributed by atoms with Gasteiger partial charge in [0.25, 0.3) is 0 Å². The molecule has 0 spiro atoms. The molecule has 0 nitrogen and oxygen atoms in total. The van der Waals surface area contributed by atoms with E-state index in [4.69, 9.17) is 0 Å². The molecule has 0 bridgehead atoms. The standard InChI is InChI=1S/C51H34S/c1-51(2)43-29-28-34(30-42(43)47-39-20-10-11-21-40(39)48-41-22-12-13-23-44(41)52-50(48)49(47)51)31-24-26-33(27-25-31)46-37-18-8-6-16-35(37)45(32-14-4-3-5-15-32)36-17-7-9-19-38(36)46/h3-30H,1-2H3. The monoisotopic (exact) mass is 678 g/mol. The quantitative estimate of drug-likeness (QED) is 0.163. The van der Waals surface area contributed by atoms with Gasteiger partial charge in [-0.2, -0.15) is 0 Å². The molecule has 11 rings (SSSR count). The summed E-state index contributed by atoms with van der Waals surface area (Å²) in [6.45, 7) is 4.84. The zero-order chi connectivity index (χ0) is 34.6. The highest BCUT2D eigenvalue weighted by Gasteiger charge is 2.39. The van der Waals surface area contributed by atoms with Gasteiger partial charge in [0.15, 0.2) is 0 Å². The van der Waals surface area contributed by atoms with E-state index in [1.54, 1.807) is 0 Å². The maximum atomic E-state index is 2.46. The predicted octanol–water partition coefficient (Wildman–Crippen LogP) is 14.8. The predicted molar refractivity (Wildman–Crippen MR) is 226 cm³/mol. The highest BCUT2D eigenvalue weighted by atomic mass is 32.1. The Morgan fingerprint density at radius 3 is 1.46 bits per heavy atom. The molecule has 1 heteroatoms. The first-order valence-electron chi connectivity index (χ1n) is 18.2. The van der Waals surface area contributed by atoms with Crippen LogP contribution in [0.3, 0.4) is 0 Å². The van der Waals surface area contributed by atoms with Crippen molar-refractivity contribution in [1.82, 2.24) is 0 Å². The smallest absolute Gasteiger partial charge is 0.0408 e. The van der Waals surface area contributed by atoms with Crippen molar-refractivity contribution in [1.29, 1.82) is 0 Å². The summed E-state index contributed by atoms with van der Waals surface area (Å²) in [4.78, 5) is 0. The SMILES string of the molecule is CC1(C)c2ccc(-c3ccc(-c4c5ccccc5c(-c5ccccc5)c5ccccc45)cc3)cc2-c2c1c1sc3ccccc3c1c1ccccc21. The largest absolute Gasteiger partial charge is 0.135 e. The van der Waals surface area contributed by atoms with E-state index in [1.807, 2.05) is 11.3 Å². The summed E-state index contributed by atoms with van der Waals surface area (Å²) in [5, 5.41) is 10.6. The van der Waals surface area contributed by atoms with Gasteiger partial charge in [-0.25, -0.2) is 0 Å². The molecule has 1 aliphatic carbocycles. The zero-order valence-corrected chi connectivity index (χ0v) is 29.9. The summed E-state index contributed by atoms with van der Waals surface area (Å²) < 4.78 is 2.79. The molecule has 0 atom stereocenters. The van der Waals surface area contributed by atoms with Crippen LogP contribution in [0, 0.1) is 0 Å². The summed E-state index contributed by atoms with van der Waals surface area (Å²) in [5.74, 6) is 0. The fourth-order valence-electron chi connectivity index (χ4n) is 9.33. The van der Waals surface area contributed by atoms with Crippen molar-refractivity contribution in [2.24, 2.45) is 0 Å². The summed E-state index contributed by atoms with van der Waals surface area (Å²) in [7, 11) is 0. The van der Waals surface area contributed by atoms with Crippen molar-refractivity contribution < 1.29 is 0 Å². The molecule has 0 amide bonds. The molecule has 10 aromatic rings. The lowest BCUT2D eigenvalue weighted by atomic mass is 9.81. The van der Waals surface area contributed by atoms with E-state index in [2.05, 4.69) is 184 Å². The van der Waals surface area contributed by atoms with Crippen molar-refractivity contribution in [3.63, 3.8) is 0 Å². The Balaban J connectivity index is 1.09. The van der Waals surface area contributed by atoms with Crippen LogP contribution in [-0.2, 0) is 5.41 Å². The second-order valence-electron chi connectivity index (χ2n) is 14.8. The van der Waals surface area contributed by atoms with Gasteiger partial charge in [-0.1, -0.05) is 172 Å². The third-order valence-electron chi connectivity index (χ3n) is 11.6. The molecule has 9 aromatic carbocycles. The van der Waals surface area contributed by atoms with Crippen molar-refractivity contribution in [3.8, 4) is 44.5 Å². The number of thiophene rings is 1. The van der Waals surface area contributed by atoms with E-state index in [9.17, 15) is 0 Å². The van der Waals surface area contributed by atoms with E-state index in [0.29, 0.717) is 0 Å². The van der Waals surface area contributed by atoms with Crippen LogP contribution in [0.1, 0.15) is 25.0 Å². The molecular formula is C51H34S. The Morgan fingerprint density at radius 1 is 0.385 bits per heavy atom. The zero-order valence-electron chi connectivity index (χ0n) is 29.1. The minimum absolute atomic E-state index is 0.107. The maximum Gasteiger partial charge on any atom is 0.0408 e. The summed E-state index contributed by atoms with van der Waals surface area (Å²) >= 11 is 1.96. The molecule has 52 heavy (non-hydrogen) atoms. The van der Waals surface area contributed by atoms with E-state index in [1.165, 1.54) is 108 Å². The molecule has 0 aliphatic heterocycles. The Bertz CT molecular complexity index is 3010. The number of hydrogen-bond acceptors (Lipinski definition) is 1. The van der Waals surface area contributed by atoms with Crippen LogP contribution in [0.15, 0.2) is 170 Å². The van der Waals surface area contributed by atoms with Gasteiger partial charge in [0, 0.05) is 25.6 Å². The molecule has 0 radical (unpaired) electrons. The molecule has 244 valence electrons. The van der Waals surface area contributed by atoms with Gasteiger partial charge < -0.3 is 0 Å². The molecule has 0 N–H and O–H groups in total. The van der Waals surface area contributed by atoms with Crippen molar-refractivity contribution in [2.75, 3.05) is 0 Å². The lowest BCUT2D eigenvalue weighted by molar-refractivity contribution is 0.667. The highest BCUT2D eigenvalue weighted by molar-refractivity contribution is 7.26. The molecule has 1 aliphatic rings. The lowest BCUT2D eigenvalue weighted by Gasteiger charge is -2.23. The molecular weight excluding hydrogens is 645 g/mol. The average Bonchev–Trinajstić information content (AvgIpc) is 3.69. The summed E-state index contributed by atoms with van der Waals surface area (Å²) in [5.41, 5.74) is 13.1. The average molecular weight is 679 g/mol. The first-order valence-corrected chi connectivity index (χ1v) is 19.0. The number of fused-ring (bicyclic) bond motifs is 12. The Hall–Kier alpha value is -6.02. The topological polar surface area (TPSA) is 0 Å². The Labute approximate surface area is 307 Å². The van der Waals surface area contributed by atoms with Gasteiger partial charge in [-0.05, 0) is 100 Å². The minimum atomic E-state index is -0.107. The molecule has 1 aromatic heterocycles. The molecule has 1 heterocycles. The van der Waals surface area contributed by atoms with Crippen LogP contribution in [-0.4, -0.2) is 0 Å². The third kappa shape index (κ3) is 4.09. The Kier molecular flexibility index (Phi) is 6.27. The van der Waals surface area contributed by atoms with Crippen LogP contribution in [0.2, 0.25) is 0 Å². The molecule has 0 unspecified atom stereocenters. The van der Waals surface area contributed by atoms with Gasteiger partial charge in [0.1, 0.15) is 0 Å². The first kappa shape index (κ1) is 29.7. The number of benzene rings is 9. The number of hydrogen-bond donors (Lipinski definition) is 0. The second kappa shape index (κ2) is 11.0. The first-order chi connectivity index (χ1) is 25.6. The number of rotatable bonds is 3. The van der Waals surface area contributed by atoms with Crippen LogP contribution < -0.4 is 0 Å². The third-order valence-corrected chi connectivity index (χ3v) is 12.8.